The molecule has 7 heteroatoms. The van der Waals surface area contributed by atoms with E-state index < -0.39 is 5.91 Å². The van der Waals surface area contributed by atoms with Gasteiger partial charge in [0.25, 0.3) is 11.8 Å². The average Bonchev–Trinajstić information content (AvgIpc) is 3.06. The molecule has 6 nitrogen and oxygen atoms in total. The van der Waals surface area contributed by atoms with Crippen LogP contribution < -0.4 is 11.1 Å². The van der Waals surface area contributed by atoms with Crippen molar-refractivity contribution in [2.75, 3.05) is 5.32 Å². The molecule has 0 spiro atoms. The van der Waals surface area contributed by atoms with Gasteiger partial charge in [-0.1, -0.05) is 6.42 Å². The zero-order valence-electron chi connectivity index (χ0n) is 13.1. The lowest BCUT2D eigenvalue weighted by Gasteiger charge is -2.05. The van der Waals surface area contributed by atoms with Gasteiger partial charge in [0, 0.05) is 17.6 Å². The summed E-state index contributed by atoms with van der Waals surface area (Å²) in [6.07, 6.45) is 6.88. The van der Waals surface area contributed by atoms with Crippen LogP contribution in [0.4, 0.5) is 5.00 Å². The second kappa shape index (κ2) is 6.54. The van der Waals surface area contributed by atoms with Gasteiger partial charge in [0.15, 0.2) is 5.69 Å². The number of nitrogens with one attached hydrogen (secondary N) is 1. The van der Waals surface area contributed by atoms with Gasteiger partial charge in [-0.3, -0.25) is 14.3 Å². The molecule has 2 heterocycles. The van der Waals surface area contributed by atoms with Gasteiger partial charge in [-0.2, -0.15) is 5.10 Å². The highest BCUT2D eigenvalue weighted by molar-refractivity contribution is 7.17. The lowest BCUT2D eigenvalue weighted by molar-refractivity contribution is 0.100. The third kappa shape index (κ3) is 3.14. The zero-order chi connectivity index (χ0) is 16.4. The van der Waals surface area contributed by atoms with Gasteiger partial charge in [-0.25, -0.2) is 0 Å². The average molecular weight is 332 g/mol. The summed E-state index contributed by atoms with van der Waals surface area (Å²) in [6.45, 7) is 2.66. The second-order valence-corrected chi connectivity index (χ2v) is 6.75. The standard InChI is InChI=1S/C16H20N4O2S/c1-2-20-9-8-11(19-20)15(22)18-16-13(14(17)21)10-6-4-3-5-7-12(10)23-16/h8-9H,2-7H2,1H3,(H2,17,21)(H,18,22). The van der Waals surface area contributed by atoms with Gasteiger partial charge in [0.05, 0.1) is 5.56 Å². The fraction of sp³-hybridized carbons (Fsp3) is 0.438. The molecule has 0 radical (unpaired) electrons. The molecule has 0 bridgehead atoms. The van der Waals surface area contributed by atoms with Crippen LogP contribution in [-0.2, 0) is 19.4 Å². The molecular weight excluding hydrogens is 312 g/mol. The van der Waals surface area contributed by atoms with Crippen molar-refractivity contribution < 1.29 is 9.59 Å². The number of primary amides is 1. The van der Waals surface area contributed by atoms with E-state index in [-0.39, 0.29) is 5.91 Å². The normalized spacial score (nSPS) is 14.1. The molecule has 0 fully saturated rings. The van der Waals surface area contributed by atoms with Crippen LogP contribution in [-0.4, -0.2) is 21.6 Å². The van der Waals surface area contributed by atoms with Crippen LogP contribution in [0, 0.1) is 0 Å². The first-order valence-electron chi connectivity index (χ1n) is 7.89. The topological polar surface area (TPSA) is 90.0 Å². The van der Waals surface area contributed by atoms with Crippen molar-refractivity contribution in [2.45, 2.75) is 45.6 Å². The zero-order valence-corrected chi connectivity index (χ0v) is 13.9. The number of aromatic nitrogens is 2. The maximum atomic E-state index is 12.4. The highest BCUT2D eigenvalue weighted by Gasteiger charge is 2.24. The molecule has 23 heavy (non-hydrogen) atoms. The smallest absolute Gasteiger partial charge is 0.276 e. The highest BCUT2D eigenvalue weighted by Crippen LogP contribution is 2.37. The fourth-order valence-corrected chi connectivity index (χ4v) is 4.21. The quantitative estimate of drug-likeness (QED) is 0.843. The monoisotopic (exact) mass is 332 g/mol. The maximum Gasteiger partial charge on any atom is 0.276 e. The first-order valence-corrected chi connectivity index (χ1v) is 8.71. The van der Waals surface area contributed by atoms with Gasteiger partial charge in [0.1, 0.15) is 5.00 Å². The minimum atomic E-state index is -0.473. The van der Waals surface area contributed by atoms with E-state index in [2.05, 4.69) is 10.4 Å². The molecule has 0 saturated carbocycles. The minimum Gasteiger partial charge on any atom is -0.365 e. The number of thiophene rings is 1. The molecular formula is C16H20N4O2S. The number of rotatable bonds is 4. The van der Waals surface area contributed by atoms with E-state index in [9.17, 15) is 9.59 Å². The Balaban J connectivity index is 1.90. The molecule has 0 saturated heterocycles. The van der Waals surface area contributed by atoms with Crippen molar-refractivity contribution in [3.05, 3.63) is 34.0 Å². The van der Waals surface area contributed by atoms with E-state index in [1.54, 1.807) is 16.9 Å². The number of fused-ring (bicyclic) bond motifs is 1. The molecule has 3 N–H and O–H groups in total. The largest absolute Gasteiger partial charge is 0.365 e. The van der Waals surface area contributed by atoms with E-state index in [0.29, 0.717) is 22.8 Å². The lowest BCUT2D eigenvalue weighted by atomic mass is 10.1. The number of nitrogens with zero attached hydrogens (tertiary/aromatic N) is 2. The van der Waals surface area contributed by atoms with Gasteiger partial charge in [-0.15, -0.1) is 11.3 Å². The maximum absolute atomic E-state index is 12.4. The summed E-state index contributed by atoms with van der Waals surface area (Å²) in [5.41, 5.74) is 7.41. The molecule has 3 rings (SSSR count). The summed E-state index contributed by atoms with van der Waals surface area (Å²) in [5, 5.41) is 7.57. The van der Waals surface area contributed by atoms with Crippen LogP contribution in [0.3, 0.4) is 0 Å². The van der Waals surface area contributed by atoms with E-state index in [4.69, 9.17) is 5.73 Å². The number of carbonyl (C=O) groups is 2. The summed E-state index contributed by atoms with van der Waals surface area (Å²) in [4.78, 5) is 25.4. The number of hydrogen-bond donors (Lipinski definition) is 2. The third-order valence-electron chi connectivity index (χ3n) is 4.09. The van der Waals surface area contributed by atoms with Crippen LogP contribution in [0.5, 0.6) is 0 Å². The van der Waals surface area contributed by atoms with Crippen LogP contribution in [0.15, 0.2) is 12.3 Å². The van der Waals surface area contributed by atoms with Crippen LogP contribution in [0.2, 0.25) is 0 Å². The molecule has 0 aromatic carbocycles. The van der Waals surface area contributed by atoms with Crippen molar-refractivity contribution in [3.63, 3.8) is 0 Å². The molecule has 2 amide bonds. The molecule has 122 valence electrons. The van der Waals surface area contributed by atoms with Crippen molar-refractivity contribution in [1.82, 2.24) is 9.78 Å². The minimum absolute atomic E-state index is 0.309. The van der Waals surface area contributed by atoms with Gasteiger partial charge >= 0.3 is 0 Å². The Labute approximate surface area is 138 Å². The van der Waals surface area contributed by atoms with Crippen molar-refractivity contribution in [2.24, 2.45) is 5.73 Å². The van der Waals surface area contributed by atoms with E-state index in [1.807, 2.05) is 6.92 Å². The van der Waals surface area contributed by atoms with Crippen LogP contribution >= 0.6 is 11.3 Å². The number of hydrogen-bond acceptors (Lipinski definition) is 4. The highest BCUT2D eigenvalue weighted by atomic mass is 32.1. The van der Waals surface area contributed by atoms with Crippen LogP contribution in [0.1, 0.15) is 57.5 Å². The van der Waals surface area contributed by atoms with Crippen LogP contribution in [0.25, 0.3) is 0 Å². The van der Waals surface area contributed by atoms with Crippen molar-refractivity contribution in [1.29, 1.82) is 0 Å². The Morgan fingerprint density at radius 1 is 1.35 bits per heavy atom. The first kappa shape index (κ1) is 15.7. The summed E-state index contributed by atoms with van der Waals surface area (Å²) < 4.78 is 1.69. The molecule has 1 aliphatic rings. The molecule has 2 aromatic rings. The predicted octanol–water partition coefficient (Wildman–Crippen LogP) is 2.58. The van der Waals surface area contributed by atoms with Crippen molar-refractivity contribution in [3.8, 4) is 0 Å². The Bertz CT molecular complexity index is 747. The number of anilines is 1. The molecule has 0 atom stereocenters. The lowest BCUT2D eigenvalue weighted by Crippen LogP contribution is -2.18. The molecule has 1 aliphatic carbocycles. The molecule has 2 aromatic heterocycles. The Kier molecular flexibility index (Phi) is 4.47. The van der Waals surface area contributed by atoms with E-state index in [0.717, 1.165) is 37.7 Å². The van der Waals surface area contributed by atoms with Gasteiger partial charge < -0.3 is 11.1 Å². The first-order chi connectivity index (χ1) is 11.1. The second-order valence-electron chi connectivity index (χ2n) is 5.64. The Morgan fingerprint density at radius 3 is 2.83 bits per heavy atom. The van der Waals surface area contributed by atoms with Gasteiger partial charge in [-0.05, 0) is 44.2 Å². The third-order valence-corrected chi connectivity index (χ3v) is 5.30. The fourth-order valence-electron chi connectivity index (χ4n) is 2.92. The molecule has 0 aliphatic heterocycles. The Morgan fingerprint density at radius 2 is 2.13 bits per heavy atom. The predicted molar refractivity (Wildman–Crippen MR) is 90.0 cm³/mol. The number of nitrogens with two attached hydrogens (primary N) is 1. The van der Waals surface area contributed by atoms with E-state index in [1.165, 1.54) is 16.2 Å². The van der Waals surface area contributed by atoms with Crippen molar-refractivity contribution >= 4 is 28.2 Å². The summed E-state index contributed by atoms with van der Waals surface area (Å²) >= 11 is 1.47. The van der Waals surface area contributed by atoms with E-state index >= 15 is 0 Å². The summed E-state index contributed by atoms with van der Waals surface area (Å²) in [6, 6.07) is 1.67. The molecule has 0 unspecified atom stereocenters. The SMILES string of the molecule is CCn1ccc(C(=O)Nc2sc3c(c2C(N)=O)CCCCC3)n1. The Hall–Kier alpha value is -2.15. The number of carbonyl (C=O) groups excluding carboxylic acids is 2. The summed E-state index contributed by atoms with van der Waals surface area (Å²) in [5.74, 6) is -0.783. The van der Waals surface area contributed by atoms with Gasteiger partial charge in [0.2, 0.25) is 0 Å². The summed E-state index contributed by atoms with van der Waals surface area (Å²) in [7, 11) is 0. The number of aryl methyl sites for hydroxylation is 2. The number of amides is 2.